The van der Waals surface area contributed by atoms with Crippen LogP contribution in [0.5, 0.6) is 5.75 Å². The molecule has 1 aromatic rings. The number of nitrogens with two attached hydrogens (primary N) is 1. The van der Waals surface area contributed by atoms with Crippen molar-refractivity contribution in [1.82, 2.24) is 15.2 Å². The highest BCUT2D eigenvalue weighted by molar-refractivity contribution is 6.22. The molecule has 10 nitrogen and oxygen atoms in total. The number of likely N-dealkylation sites (N-methyl/N-ethyl adjacent to an activating group) is 2. The van der Waals surface area contributed by atoms with Crippen molar-refractivity contribution in [3.8, 4) is 5.75 Å². The molecule has 0 aliphatic carbocycles. The Labute approximate surface area is 162 Å². The summed E-state index contributed by atoms with van der Waals surface area (Å²) in [6, 6.07) is 6.33. The molecule has 2 aliphatic heterocycles. The molecule has 0 saturated carbocycles. The first-order valence-corrected chi connectivity index (χ1v) is 9.01. The Morgan fingerprint density at radius 1 is 1.36 bits per heavy atom. The zero-order valence-electron chi connectivity index (χ0n) is 16.1. The van der Waals surface area contributed by atoms with Gasteiger partial charge >= 0.3 is 12.0 Å². The lowest BCUT2D eigenvalue weighted by Gasteiger charge is -2.32. The molecule has 3 rings (SSSR count). The minimum atomic E-state index is -0.913. The zero-order valence-corrected chi connectivity index (χ0v) is 16.1. The summed E-state index contributed by atoms with van der Waals surface area (Å²) in [4.78, 5) is 31.3. The number of nitrogens with zero attached hydrogens (tertiary/aromatic N) is 4. The molecule has 1 aromatic carbocycles. The van der Waals surface area contributed by atoms with Gasteiger partial charge < -0.3 is 9.84 Å². The van der Waals surface area contributed by atoms with E-state index in [0.717, 1.165) is 16.9 Å². The number of ether oxygens (including phenoxy) is 1. The number of β-amino-alcohol motifs (C(OH)–C–C–N with tert-alkyl or cyclic N) is 1. The van der Waals surface area contributed by atoms with Crippen LogP contribution in [0.25, 0.3) is 0 Å². The number of hydrogen-bond donors (Lipinski definition) is 3. The summed E-state index contributed by atoms with van der Waals surface area (Å²) in [6.45, 7) is 2.13. The number of rotatable bonds is 6. The Kier molecular flexibility index (Phi) is 5.61. The van der Waals surface area contributed by atoms with Crippen molar-refractivity contribution in [2.45, 2.75) is 25.5 Å². The van der Waals surface area contributed by atoms with Crippen LogP contribution in [0, 0.1) is 0 Å². The van der Waals surface area contributed by atoms with E-state index in [2.05, 4.69) is 17.3 Å². The van der Waals surface area contributed by atoms with Crippen molar-refractivity contribution in [1.29, 1.82) is 0 Å². The number of carbonyl (C=O) groups is 2. The highest BCUT2D eigenvalue weighted by Crippen LogP contribution is 2.19. The molecule has 2 heterocycles. The fraction of sp³-hybridized carbons (Fsp3) is 0.444. The molecule has 1 saturated heterocycles. The predicted octanol–water partition coefficient (Wildman–Crippen LogP) is -0.875. The van der Waals surface area contributed by atoms with Gasteiger partial charge in [-0.2, -0.15) is 5.84 Å². The van der Waals surface area contributed by atoms with Crippen LogP contribution in [-0.2, 0) is 11.2 Å². The van der Waals surface area contributed by atoms with Gasteiger partial charge in [0.1, 0.15) is 18.5 Å². The summed E-state index contributed by atoms with van der Waals surface area (Å²) in [5.74, 6) is 6.24. The number of nitrogens with one attached hydrogen (secondary N) is 1. The SMILES string of the molecule is CCc1cccc(OCC(O)C[N+]2=C(NN)N=C3C2C(=O)N(C)C(=O)N3C)c1. The molecule has 0 bridgehead atoms. The number of urea groups is 1. The van der Waals surface area contributed by atoms with E-state index in [9.17, 15) is 14.7 Å². The van der Waals surface area contributed by atoms with Gasteiger partial charge in [-0.15, -0.1) is 0 Å². The van der Waals surface area contributed by atoms with Gasteiger partial charge in [-0.05, 0) is 24.1 Å². The lowest BCUT2D eigenvalue weighted by molar-refractivity contribution is -0.545. The Hall–Kier alpha value is -2.98. The lowest BCUT2D eigenvalue weighted by Crippen LogP contribution is -2.62. The summed E-state index contributed by atoms with van der Waals surface area (Å²) in [5, 5.41) is 10.5. The fourth-order valence-corrected chi connectivity index (χ4v) is 3.23. The normalized spacial score (nSPS) is 20.3. The van der Waals surface area contributed by atoms with Crippen LogP contribution in [0.15, 0.2) is 29.3 Å². The Bertz CT molecular complexity index is 852. The number of guanidine groups is 1. The van der Waals surface area contributed by atoms with Crippen LogP contribution in [0.3, 0.4) is 0 Å². The number of fused-ring (bicyclic) bond motifs is 1. The molecule has 1 fully saturated rings. The van der Waals surface area contributed by atoms with Crippen molar-refractivity contribution in [2.75, 3.05) is 27.2 Å². The standard InChI is InChI=1S/C18H24N6O4/c1-4-11-6-5-7-13(8-11)28-10-12(25)9-24-14-15(20-17(24)21-19)22(2)18(27)23(3)16(14)26/h5-8,12,14,25H,4,9-10,19H2,1-3H3/p+1. The van der Waals surface area contributed by atoms with Crippen LogP contribution in [-0.4, -0.2) is 82.6 Å². The Morgan fingerprint density at radius 3 is 2.79 bits per heavy atom. The van der Waals surface area contributed by atoms with Crippen LogP contribution < -0.4 is 16.0 Å². The molecule has 0 radical (unpaired) electrons. The maximum absolute atomic E-state index is 12.6. The topological polar surface area (TPSA) is 123 Å². The number of amides is 3. The molecule has 0 aromatic heterocycles. The smallest absolute Gasteiger partial charge is 0.407 e. The van der Waals surface area contributed by atoms with Crippen LogP contribution in [0.4, 0.5) is 4.79 Å². The van der Waals surface area contributed by atoms with Gasteiger partial charge in [-0.25, -0.2) is 14.8 Å². The van der Waals surface area contributed by atoms with Crippen LogP contribution >= 0.6 is 0 Å². The fourth-order valence-electron chi connectivity index (χ4n) is 3.23. The molecule has 28 heavy (non-hydrogen) atoms. The van der Waals surface area contributed by atoms with Crippen molar-refractivity contribution < 1.29 is 24.0 Å². The van der Waals surface area contributed by atoms with E-state index >= 15 is 0 Å². The number of amidine groups is 1. The lowest BCUT2D eigenvalue weighted by atomic mass is 10.1. The molecular formula is C18H25N6O4+. The first kappa shape index (κ1) is 19.8. The van der Waals surface area contributed by atoms with E-state index in [1.165, 1.54) is 23.6 Å². The molecule has 3 amide bonds. The maximum atomic E-state index is 12.6. The van der Waals surface area contributed by atoms with E-state index in [4.69, 9.17) is 10.6 Å². The quantitative estimate of drug-likeness (QED) is 0.330. The first-order chi connectivity index (χ1) is 13.4. The summed E-state index contributed by atoms with van der Waals surface area (Å²) in [7, 11) is 2.94. The van der Waals surface area contributed by atoms with Gasteiger partial charge in [0.2, 0.25) is 11.9 Å². The summed E-state index contributed by atoms with van der Waals surface area (Å²) in [6.07, 6.45) is -0.0262. The van der Waals surface area contributed by atoms with Gasteiger partial charge in [-0.1, -0.05) is 24.0 Å². The highest BCUT2D eigenvalue weighted by atomic mass is 16.5. The van der Waals surface area contributed by atoms with E-state index < -0.39 is 24.1 Å². The molecule has 2 aliphatic rings. The average molecular weight is 389 g/mol. The monoisotopic (exact) mass is 389 g/mol. The summed E-state index contributed by atoms with van der Waals surface area (Å²) < 4.78 is 7.21. The number of benzene rings is 1. The predicted molar refractivity (Wildman–Crippen MR) is 102 cm³/mol. The molecule has 0 spiro atoms. The van der Waals surface area contributed by atoms with Crippen molar-refractivity contribution >= 4 is 23.7 Å². The van der Waals surface area contributed by atoms with Crippen molar-refractivity contribution in [3.05, 3.63) is 29.8 Å². The minimum Gasteiger partial charge on any atom is -0.491 e. The largest absolute Gasteiger partial charge is 0.491 e. The highest BCUT2D eigenvalue weighted by Gasteiger charge is 2.51. The number of imide groups is 1. The summed E-state index contributed by atoms with van der Waals surface area (Å²) >= 11 is 0. The molecular weight excluding hydrogens is 364 g/mol. The molecule has 10 heteroatoms. The Balaban J connectivity index is 1.71. The average Bonchev–Trinajstić information content (AvgIpc) is 3.07. The van der Waals surface area contributed by atoms with Gasteiger partial charge in [-0.3, -0.25) is 14.6 Å². The molecule has 150 valence electrons. The van der Waals surface area contributed by atoms with Crippen LogP contribution in [0.2, 0.25) is 0 Å². The van der Waals surface area contributed by atoms with Crippen molar-refractivity contribution in [2.24, 2.45) is 10.8 Å². The number of hydrazine groups is 1. The second-order valence-corrected chi connectivity index (χ2v) is 6.70. The third-order valence-electron chi connectivity index (χ3n) is 4.82. The van der Waals surface area contributed by atoms with Gasteiger partial charge in [0.05, 0.1) is 6.54 Å². The third kappa shape index (κ3) is 3.56. The second-order valence-electron chi connectivity index (χ2n) is 6.70. The second kappa shape index (κ2) is 7.95. The number of carbonyl (C=O) groups excluding carboxylic acids is 2. The zero-order chi connectivity index (χ0) is 20.4. The minimum absolute atomic E-state index is 0.0301. The van der Waals surface area contributed by atoms with Crippen LogP contribution in [0.1, 0.15) is 12.5 Å². The molecule has 2 atom stereocenters. The number of hydrogen-bond acceptors (Lipinski definition) is 7. The maximum Gasteiger partial charge on any atom is 0.407 e. The molecule has 2 unspecified atom stereocenters. The Morgan fingerprint density at radius 2 is 2.11 bits per heavy atom. The van der Waals surface area contributed by atoms with E-state index in [0.29, 0.717) is 5.75 Å². The number of aliphatic hydroxyl groups is 1. The summed E-state index contributed by atoms with van der Waals surface area (Å²) in [5.41, 5.74) is 3.57. The number of aryl methyl sites for hydroxylation is 1. The first-order valence-electron chi connectivity index (χ1n) is 9.01. The van der Waals surface area contributed by atoms with Gasteiger partial charge in [0.15, 0.2) is 0 Å². The van der Waals surface area contributed by atoms with Gasteiger partial charge in [0, 0.05) is 14.1 Å². The van der Waals surface area contributed by atoms with E-state index in [1.54, 1.807) is 0 Å². The van der Waals surface area contributed by atoms with Crippen molar-refractivity contribution in [3.63, 3.8) is 0 Å². The van der Waals surface area contributed by atoms with E-state index in [-0.39, 0.29) is 24.9 Å². The van der Waals surface area contributed by atoms with E-state index in [1.807, 2.05) is 24.3 Å². The van der Waals surface area contributed by atoms with Gasteiger partial charge in [0.25, 0.3) is 5.91 Å². The molecule has 4 N–H and O–H groups in total. The third-order valence-corrected chi connectivity index (χ3v) is 4.82. The number of aliphatic hydroxyl groups excluding tert-OH is 1. The number of aliphatic imine (C=N–C) groups is 1.